The van der Waals surface area contributed by atoms with Crippen LogP contribution in [0.1, 0.15) is 12.6 Å². The first kappa shape index (κ1) is 16.3. The van der Waals surface area contributed by atoms with Crippen LogP contribution in [0.3, 0.4) is 0 Å². The quantitative estimate of drug-likeness (QED) is 0.469. The summed E-state index contributed by atoms with van der Waals surface area (Å²) in [7, 11) is 0. The maximum Gasteiger partial charge on any atom is 0.308 e. The molecule has 1 fully saturated rings. The van der Waals surface area contributed by atoms with Crippen molar-refractivity contribution >= 4 is 23.0 Å². The molecule has 0 radical (unpaired) electrons. The van der Waals surface area contributed by atoms with Crippen molar-refractivity contribution in [2.75, 3.05) is 12.3 Å². The second kappa shape index (κ2) is 6.51. The number of nitrogen functional groups attached to an aromatic ring is 1. The van der Waals surface area contributed by atoms with E-state index in [4.69, 9.17) is 15.2 Å². The molecule has 1 aliphatic rings. The van der Waals surface area contributed by atoms with Crippen LogP contribution in [-0.4, -0.2) is 60.6 Å². The molecule has 0 amide bonds. The zero-order chi connectivity index (χ0) is 17.3. The summed E-state index contributed by atoms with van der Waals surface area (Å²) in [6.07, 6.45) is -0.531. The van der Waals surface area contributed by atoms with Crippen molar-refractivity contribution in [1.82, 2.24) is 19.5 Å². The van der Waals surface area contributed by atoms with Crippen molar-refractivity contribution in [3.8, 4) is 0 Å². The van der Waals surface area contributed by atoms with Gasteiger partial charge in [0.05, 0.1) is 18.9 Å². The molecule has 0 aromatic carbocycles. The molecule has 2 unspecified atom stereocenters. The molecule has 2 aromatic heterocycles. The lowest BCUT2D eigenvalue weighted by atomic mass is 10.1. The van der Waals surface area contributed by atoms with Crippen molar-refractivity contribution in [2.24, 2.45) is 0 Å². The molecule has 2 aromatic rings. The smallest absolute Gasteiger partial charge is 0.308 e. The Balaban J connectivity index is 1.80. The number of nitrogens with two attached hydrogens (primary N) is 1. The highest BCUT2D eigenvalue weighted by molar-refractivity contribution is 5.81. The molecule has 4 atom stereocenters. The van der Waals surface area contributed by atoms with Gasteiger partial charge in [0.1, 0.15) is 30.7 Å². The Morgan fingerprint density at radius 3 is 2.96 bits per heavy atom. The van der Waals surface area contributed by atoms with E-state index in [-0.39, 0.29) is 18.8 Å². The summed E-state index contributed by atoms with van der Waals surface area (Å²) in [5, 5.41) is 20.4. The zero-order valence-electron chi connectivity index (χ0n) is 12.6. The van der Waals surface area contributed by atoms with Gasteiger partial charge in [0, 0.05) is 0 Å². The lowest BCUT2D eigenvalue weighted by Crippen LogP contribution is -2.33. The molecule has 0 aliphatic carbocycles. The fourth-order valence-corrected chi connectivity index (χ4v) is 2.56. The van der Waals surface area contributed by atoms with Crippen molar-refractivity contribution in [3.05, 3.63) is 25.3 Å². The van der Waals surface area contributed by atoms with Crippen LogP contribution >= 0.6 is 0 Å². The predicted molar refractivity (Wildman–Crippen MR) is 81.4 cm³/mol. The van der Waals surface area contributed by atoms with Crippen molar-refractivity contribution in [1.29, 1.82) is 0 Å². The lowest BCUT2D eigenvalue weighted by molar-refractivity contribution is -0.147. The number of imidazole rings is 1. The predicted octanol–water partition coefficient (Wildman–Crippen LogP) is -0.853. The number of carbonyl (C=O) groups excluding carboxylic acids is 1. The van der Waals surface area contributed by atoms with Crippen LogP contribution < -0.4 is 5.73 Å². The van der Waals surface area contributed by atoms with Gasteiger partial charge in [0.2, 0.25) is 0 Å². The van der Waals surface area contributed by atoms with Crippen molar-refractivity contribution in [2.45, 2.75) is 31.0 Å². The number of rotatable bonds is 5. The van der Waals surface area contributed by atoms with Gasteiger partial charge in [-0.1, -0.05) is 12.7 Å². The van der Waals surface area contributed by atoms with Crippen LogP contribution in [0.15, 0.2) is 25.3 Å². The van der Waals surface area contributed by atoms with Crippen LogP contribution in [0.5, 0.6) is 0 Å². The monoisotopic (exact) mass is 335 g/mol. The Morgan fingerprint density at radius 1 is 1.42 bits per heavy atom. The highest BCUT2D eigenvalue weighted by Crippen LogP contribution is 2.33. The van der Waals surface area contributed by atoms with Crippen LogP contribution in [0.25, 0.3) is 11.2 Å². The summed E-state index contributed by atoms with van der Waals surface area (Å²) < 4.78 is 11.9. The first-order chi connectivity index (χ1) is 11.5. The molecule has 10 heteroatoms. The molecule has 3 heterocycles. The SMILES string of the molecule is C=CCOC(=O)C[C@H]1O[C@@H](n2cnc3c(N)ncnc32)C(O)C1O. The number of aliphatic hydroxyl groups excluding tert-OH is 2. The van der Waals surface area contributed by atoms with Gasteiger partial charge in [0.15, 0.2) is 17.7 Å². The van der Waals surface area contributed by atoms with Crippen LogP contribution in [-0.2, 0) is 14.3 Å². The van der Waals surface area contributed by atoms with E-state index in [1.54, 1.807) is 0 Å². The zero-order valence-corrected chi connectivity index (χ0v) is 12.6. The minimum atomic E-state index is -1.27. The molecule has 4 N–H and O–H groups in total. The van der Waals surface area contributed by atoms with Gasteiger partial charge in [-0.25, -0.2) is 15.0 Å². The number of nitrogens with zero attached hydrogens (tertiary/aromatic N) is 4. The average molecular weight is 335 g/mol. The van der Waals surface area contributed by atoms with Gasteiger partial charge in [-0.05, 0) is 0 Å². The molecule has 24 heavy (non-hydrogen) atoms. The number of esters is 1. The van der Waals surface area contributed by atoms with Gasteiger partial charge in [-0.2, -0.15) is 0 Å². The average Bonchev–Trinajstić information content (AvgIpc) is 3.10. The van der Waals surface area contributed by atoms with Crippen molar-refractivity contribution in [3.63, 3.8) is 0 Å². The first-order valence-corrected chi connectivity index (χ1v) is 7.24. The maximum absolute atomic E-state index is 11.7. The Kier molecular flexibility index (Phi) is 4.42. The molecule has 0 bridgehead atoms. The van der Waals surface area contributed by atoms with Crippen LogP contribution in [0.2, 0.25) is 0 Å². The Morgan fingerprint density at radius 2 is 2.21 bits per heavy atom. The minimum Gasteiger partial charge on any atom is -0.461 e. The second-order valence-electron chi connectivity index (χ2n) is 5.31. The number of fused-ring (bicyclic) bond motifs is 1. The van der Waals surface area contributed by atoms with Gasteiger partial charge >= 0.3 is 5.97 Å². The molecule has 10 nitrogen and oxygen atoms in total. The number of hydrogen-bond donors (Lipinski definition) is 3. The van der Waals surface area contributed by atoms with Crippen LogP contribution in [0.4, 0.5) is 5.82 Å². The van der Waals surface area contributed by atoms with E-state index in [2.05, 4.69) is 21.5 Å². The van der Waals surface area contributed by atoms with Gasteiger partial charge in [0.25, 0.3) is 0 Å². The molecule has 0 saturated carbocycles. The normalized spacial score (nSPS) is 26.6. The van der Waals surface area contributed by atoms with E-state index in [1.807, 2.05) is 0 Å². The van der Waals surface area contributed by atoms with E-state index in [0.29, 0.717) is 11.2 Å². The molecular weight excluding hydrogens is 318 g/mol. The molecule has 3 rings (SSSR count). The third-order valence-corrected chi connectivity index (χ3v) is 3.73. The maximum atomic E-state index is 11.7. The molecule has 0 spiro atoms. The summed E-state index contributed by atoms with van der Waals surface area (Å²) in [6.45, 7) is 3.51. The second-order valence-corrected chi connectivity index (χ2v) is 5.31. The highest BCUT2D eigenvalue weighted by Gasteiger charge is 2.45. The van der Waals surface area contributed by atoms with Gasteiger partial charge in [-0.15, -0.1) is 0 Å². The Bertz CT molecular complexity index is 763. The summed E-state index contributed by atoms with van der Waals surface area (Å²) in [4.78, 5) is 23.6. The van der Waals surface area contributed by atoms with E-state index in [9.17, 15) is 15.0 Å². The number of hydrogen-bond acceptors (Lipinski definition) is 9. The Hall–Kier alpha value is -2.56. The summed E-state index contributed by atoms with van der Waals surface area (Å²) in [5.74, 6) is -0.370. The van der Waals surface area contributed by atoms with E-state index >= 15 is 0 Å². The third kappa shape index (κ3) is 2.82. The number of aromatic nitrogens is 4. The lowest BCUT2D eigenvalue weighted by Gasteiger charge is -2.16. The number of carbonyl (C=O) groups is 1. The van der Waals surface area contributed by atoms with Crippen molar-refractivity contribution < 1.29 is 24.5 Å². The summed E-state index contributed by atoms with van der Waals surface area (Å²) in [5.41, 5.74) is 6.43. The summed E-state index contributed by atoms with van der Waals surface area (Å²) in [6, 6.07) is 0. The Labute approximate surface area is 136 Å². The van der Waals surface area contributed by atoms with Crippen LogP contribution in [0, 0.1) is 0 Å². The number of aliphatic hydroxyl groups is 2. The largest absolute Gasteiger partial charge is 0.461 e. The van der Waals surface area contributed by atoms with Gasteiger partial charge in [-0.3, -0.25) is 9.36 Å². The van der Waals surface area contributed by atoms with E-state index in [0.717, 1.165) is 0 Å². The number of anilines is 1. The molecular formula is C14H17N5O5. The highest BCUT2D eigenvalue weighted by atomic mass is 16.6. The summed E-state index contributed by atoms with van der Waals surface area (Å²) >= 11 is 0. The fourth-order valence-electron chi connectivity index (χ4n) is 2.56. The topological polar surface area (TPSA) is 146 Å². The van der Waals surface area contributed by atoms with E-state index < -0.39 is 30.5 Å². The molecule has 128 valence electrons. The third-order valence-electron chi connectivity index (χ3n) is 3.73. The molecule has 1 aliphatic heterocycles. The fraction of sp³-hybridized carbons (Fsp3) is 0.429. The number of ether oxygens (including phenoxy) is 2. The van der Waals surface area contributed by atoms with Gasteiger partial charge < -0.3 is 25.4 Å². The first-order valence-electron chi connectivity index (χ1n) is 7.24. The van der Waals surface area contributed by atoms with E-state index in [1.165, 1.54) is 23.3 Å². The molecule has 1 saturated heterocycles. The standard InChI is InChI=1S/C14H17N5O5/c1-2-3-23-8(20)4-7-10(21)11(22)14(24-7)19-6-18-9-12(15)16-5-17-13(9)19/h2,5-7,10-11,14,21-22H,1,3-4H2,(H2,15,16,17)/t7-,10?,11?,14-/m1/s1. The minimum absolute atomic E-state index is 0.0655.